The Kier molecular flexibility index (Phi) is 4.94. The van der Waals surface area contributed by atoms with E-state index < -0.39 is 0 Å². The van der Waals surface area contributed by atoms with Crippen molar-refractivity contribution in [2.45, 2.75) is 47.0 Å². The van der Waals surface area contributed by atoms with E-state index >= 15 is 0 Å². The highest BCUT2D eigenvalue weighted by atomic mass is 16.5. The highest BCUT2D eigenvalue weighted by Crippen LogP contribution is 2.25. The number of carbonyl (C=O) groups is 1. The highest BCUT2D eigenvalue weighted by Gasteiger charge is 2.15. The molecule has 0 saturated carbocycles. The minimum atomic E-state index is 0.180. The van der Waals surface area contributed by atoms with E-state index in [4.69, 9.17) is 4.74 Å². The van der Waals surface area contributed by atoms with Gasteiger partial charge in [0.25, 0.3) is 0 Å². The van der Waals surface area contributed by atoms with Gasteiger partial charge in [-0.3, -0.25) is 4.79 Å². The van der Waals surface area contributed by atoms with Gasteiger partial charge in [0.2, 0.25) is 0 Å². The molecule has 2 nitrogen and oxygen atoms in total. The summed E-state index contributed by atoms with van der Waals surface area (Å²) in [5.41, 5.74) is 2.10. The van der Waals surface area contributed by atoms with Crippen LogP contribution in [0, 0.1) is 12.3 Å². The van der Waals surface area contributed by atoms with Gasteiger partial charge in [0.05, 0.1) is 12.7 Å². The minimum Gasteiger partial charge on any atom is -0.496 e. The molecule has 0 saturated heterocycles. The van der Waals surface area contributed by atoms with E-state index in [1.165, 1.54) is 0 Å². The molecular weight excluding hydrogens is 224 g/mol. The Balaban J connectivity index is 2.69. The molecule has 100 valence electrons. The monoisotopic (exact) mass is 248 g/mol. The molecule has 1 aromatic rings. The van der Waals surface area contributed by atoms with Crippen molar-refractivity contribution in [3.8, 4) is 5.75 Å². The number of aryl methyl sites for hydroxylation is 1. The van der Waals surface area contributed by atoms with Gasteiger partial charge in [0.15, 0.2) is 5.78 Å². The van der Waals surface area contributed by atoms with Crippen molar-refractivity contribution in [2.75, 3.05) is 7.11 Å². The zero-order valence-corrected chi connectivity index (χ0v) is 12.2. The van der Waals surface area contributed by atoms with Gasteiger partial charge in [-0.2, -0.15) is 0 Å². The van der Waals surface area contributed by atoms with E-state index in [2.05, 4.69) is 20.8 Å². The molecule has 1 rings (SSSR count). The van der Waals surface area contributed by atoms with E-state index in [-0.39, 0.29) is 11.2 Å². The van der Waals surface area contributed by atoms with Gasteiger partial charge in [0.1, 0.15) is 5.75 Å². The van der Waals surface area contributed by atoms with Crippen molar-refractivity contribution >= 4 is 5.78 Å². The zero-order chi connectivity index (χ0) is 13.8. The number of ether oxygens (including phenoxy) is 1. The number of methoxy groups -OCH3 is 1. The molecule has 0 aliphatic heterocycles. The van der Waals surface area contributed by atoms with Gasteiger partial charge in [0, 0.05) is 6.42 Å². The van der Waals surface area contributed by atoms with Crippen LogP contribution in [0.25, 0.3) is 0 Å². The molecule has 0 aromatic heterocycles. The zero-order valence-electron chi connectivity index (χ0n) is 12.2. The van der Waals surface area contributed by atoms with Gasteiger partial charge < -0.3 is 4.74 Å². The maximum Gasteiger partial charge on any atom is 0.166 e. The standard InChI is InChI=1S/C16H24O2/c1-12-8-9-15(18-5)13(11-12)14(17)7-6-10-16(2,3)4/h8-9,11H,6-7,10H2,1-5H3. The van der Waals surface area contributed by atoms with E-state index in [0.717, 1.165) is 18.4 Å². The number of hydrogen-bond donors (Lipinski definition) is 0. The molecule has 18 heavy (non-hydrogen) atoms. The van der Waals surface area contributed by atoms with Crippen LogP contribution >= 0.6 is 0 Å². The first-order valence-corrected chi connectivity index (χ1v) is 6.51. The van der Waals surface area contributed by atoms with Crippen LogP contribution in [-0.2, 0) is 0 Å². The first kappa shape index (κ1) is 14.7. The van der Waals surface area contributed by atoms with Crippen LogP contribution in [-0.4, -0.2) is 12.9 Å². The maximum absolute atomic E-state index is 12.2. The fourth-order valence-corrected chi connectivity index (χ4v) is 1.95. The highest BCUT2D eigenvalue weighted by molar-refractivity contribution is 5.98. The molecule has 0 fully saturated rings. The van der Waals surface area contributed by atoms with Crippen LogP contribution in [0.2, 0.25) is 0 Å². The van der Waals surface area contributed by atoms with Crippen LogP contribution in [0.4, 0.5) is 0 Å². The maximum atomic E-state index is 12.2. The molecule has 0 amide bonds. The van der Waals surface area contributed by atoms with Gasteiger partial charge in [-0.15, -0.1) is 0 Å². The molecule has 2 heteroatoms. The second-order valence-electron chi connectivity index (χ2n) is 6.04. The normalized spacial score (nSPS) is 11.4. The van der Waals surface area contributed by atoms with Crippen LogP contribution in [0.5, 0.6) is 5.75 Å². The van der Waals surface area contributed by atoms with Gasteiger partial charge in [-0.25, -0.2) is 0 Å². The summed E-state index contributed by atoms with van der Waals surface area (Å²) in [6, 6.07) is 5.75. The summed E-state index contributed by atoms with van der Waals surface area (Å²) in [6.45, 7) is 8.59. The first-order chi connectivity index (χ1) is 8.33. The summed E-state index contributed by atoms with van der Waals surface area (Å²) in [6.07, 6.45) is 2.59. The Labute approximate surface area is 110 Å². The second kappa shape index (κ2) is 6.03. The molecule has 0 radical (unpaired) electrons. The lowest BCUT2D eigenvalue weighted by Crippen LogP contribution is -2.07. The van der Waals surface area contributed by atoms with Crippen LogP contribution < -0.4 is 4.74 Å². The fourth-order valence-electron chi connectivity index (χ4n) is 1.95. The lowest BCUT2D eigenvalue weighted by molar-refractivity contribution is 0.0973. The summed E-state index contributed by atoms with van der Waals surface area (Å²) in [5, 5.41) is 0. The topological polar surface area (TPSA) is 26.3 Å². The predicted octanol–water partition coefficient (Wildman–Crippen LogP) is 4.40. The molecule has 0 spiro atoms. The van der Waals surface area contributed by atoms with Crippen LogP contribution in [0.15, 0.2) is 18.2 Å². The van der Waals surface area contributed by atoms with Crippen molar-refractivity contribution < 1.29 is 9.53 Å². The van der Waals surface area contributed by atoms with Gasteiger partial charge in [-0.1, -0.05) is 32.4 Å². The molecule has 0 aliphatic rings. The van der Waals surface area contributed by atoms with Crippen molar-refractivity contribution in [1.82, 2.24) is 0 Å². The van der Waals surface area contributed by atoms with E-state index in [9.17, 15) is 4.79 Å². The van der Waals surface area contributed by atoms with E-state index in [1.54, 1.807) is 7.11 Å². The summed E-state index contributed by atoms with van der Waals surface area (Å²) >= 11 is 0. The fraction of sp³-hybridized carbons (Fsp3) is 0.562. The first-order valence-electron chi connectivity index (χ1n) is 6.51. The van der Waals surface area contributed by atoms with Crippen molar-refractivity contribution in [3.63, 3.8) is 0 Å². The molecular formula is C16H24O2. The largest absolute Gasteiger partial charge is 0.496 e. The number of ketones is 1. The molecule has 0 aliphatic carbocycles. The second-order valence-corrected chi connectivity index (χ2v) is 6.04. The molecule has 0 unspecified atom stereocenters. The number of Topliss-reactive ketones (excluding diaryl/α,β-unsaturated/α-hetero) is 1. The lowest BCUT2D eigenvalue weighted by atomic mass is 9.89. The number of benzene rings is 1. The average Bonchev–Trinajstić information content (AvgIpc) is 2.27. The molecule has 0 heterocycles. The van der Waals surface area contributed by atoms with Gasteiger partial charge >= 0.3 is 0 Å². The molecule has 1 aromatic carbocycles. The van der Waals surface area contributed by atoms with Crippen LogP contribution in [0.3, 0.4) is 0 Å². The summed E-state index contributed by atoms with van der Waals surface area (Å²) in [4.78, 5) is 12.2. The Bertz CT molecular complexity index is 414. The lowest BCUT2D eigenvalue weighted by Gasteiger charge is -2.17. The van der Waals surface area contributed by atoms with E-state index in [1.807, 2.05) is 25.1 Å². The average molecular weight is 248 g/mol. The quantitative estimate of drug-likeness (QED) is 0.722. The molecule has 0 N–H and O–H groups in total. The Morgan fingerprint density at radius 2 is 1.94 bits per heavy atom. The predicted molar refractivity (Wildman–Crippen MR) is 75.4 cm³/mol. The van der Waals surface area contributed by atoms with E-state index in [0.29, 0.717) is 17.7 Å². The van der Waals surface area contributed by atoms with Crippen molar-refractivity contribution in [1.29, 1.82) is 0 Å². The third-order valence-electron chi connectivity index (χ3n) is 2.99. The number of hydrogen-bond acceptors (Lipinski definition) is 2. The molecule has 0 bridgehead atoms. The van der Waals surface area contributed by atoms with Crippen LogP contribution in [0.1, 0.15) is 56.0 Å². The molecule has 0 atom stereocenters. The number of carbonyl (C=O) groups excluding carboxylic acids is 1. The summed E-state index contributed by atoms with van der Waals surface area (Å²) in [7, 11) is 1.61. The smallest absolute Gasteiger partial charge is 0.166 e. The van der Waals surface area contributed by atoms with Crippen molar-refractivity contribution in [2.24, 2.45) is 5.41 Å². The Morgan fingerprint density at radius 1 is 1.28 bits per heavy atom. The third kappa shape index (κ3) is 4.52. The minimum absolute atomic E-state index is 0.180. The summed E-state index contributed by atoms with van der Waals surface area (Å²) in [5.74, 6) is 0.862. The van der Waals surface area contributed by atoms with Crippen molar-refractivity contribution in [3.05, 3.63) is 29.3 Å². The third-order valence-corrected chi connectivity index (χ3v) is 2.99. The Morgan fingerprint density at radius 3 is 2.50 bits per heavy atom. The Hall–Kier alpha value is -1.31. The summed E-state index contributed by atoms with van der Waals surface area (Å²) < 4.78 is 5.25. The number of rotatable bonds is 5. The SMILES string of the molecule is COc1ccc(C)cc1C(=O)CCCC(C)(C)C. The van der Waals surface area contributed by atoms with Gasteiger partial charge in [-0.05, 0) is 37.3 Å².